The average Bonchev–Trinajstić information content (AvgIpc) is 2.94. The molecular weight excluding hydrogens is 466 g/mol. The fraction of sp³-hybridized carbons (Fsp3) is 0.333. The van der Waals surface area contributed by atoms with Crippen LogP contribution >= 0.6 is 0 Å². The Labute approximate surface area is 210 Å². The minimum Gasteiger partial charge on any atom is -0.496 e. The standard InChI is InChI=1S/C27H31NO8/c1-30-17-12-20(31-2)25(21(13-17)32-3)26-24(14-29)36-19-8-7-15(9-18(19)28-26)16-10-22(33-4)27(35-6)23(11-16)34-5/h7-13,24,26,28-29H,14H2,1-6H3/t24-,26+/m0/s1. The van der Waals surface area contributed by atoms with E-state index in [0.717, 1.165) is 16.8 Å². The molecule has 3 aromatic carbocycles. The lowest BCUT2D eigenvalue weighted by atomic mass is 9.95. The van der Waals surface area contributed by atoms with Gasteiger partial charge in [-0.1, -0.05) is 6.07 Å². The lowest BCUT2D eigenvalue weighted by Crippen LogP contribution is -2.37. The summed E-state index contributed by atoms with van der Waals surface area (Å²) in [6, 6.07) is 12.6. The van der Waals surface area contributed by atoms with E-state index >= 15 is 0 Å². The maximum Gasteiger partial charge on any atom is 0.203 e. The van der Waals surface area contributed by atoms with Gasteiger partial charge in [0.1, 0.15) is 29.1 Å². The van der Waals surface area contributed by atoms with Crippen molar-refractivity contribution in [3.8, 4) is 51.4 Å². The smallest absolute Gasteiger partial charge is 0.203 e. The number of rotatable bonds is 9. The van der Waals surface area contributed by atoms with Crippen molar-refractivity contribution in [1.29, 1.82) is 0 Å². The summed E-state index contributed by atoms with van der Waals surface area (Å²) in [6.45, 7) is -0.218. The number of hydrogen-bond acceptors (Lipinski definition) is 9. The van der Waals surface area contributed by atoms with Gasteiger partial charge in [-0.2, -0.15) is 0 Å². The molecule has 0 fully saturated rings. The minimum atomic E-state index is -0.583. The quantitative estimate of drug-likeness (QED) is 0.448. The minimum absolute atomic E-state index is 0.218. The van der Waals surface area contributed by atoms with Gasteiger partial charge in [-0.05, 0) is 35.4 Å². The molecule has 0 unspecified atom stereocenters. The van der Waals surface area contributed by atoms with Gasteiger partial charge in [0.05, 0.1) is 66.6 Å². The molecule has 0 saturated heterocycles. The summed E-state index contributed by atoms with van der Waals surface area (Å²) in [5, 5.41) is 13.7. The monoisotopic (exact) mass is 497 g/mol. The topological polar surface area (TPSA) is 96.9 Å². The van der Waals surface area contributed by atoms with Crippen LogP contribution in [0.15, 0.2) is 42.5 Å². The van der Waals surface area contributed by atoms with E-state index < -0.39 is 12.1 Å². The second-order valence-corrected chi connectivity index (χ2v) is 8.03. The molecule has 0 aliphatic carbocycles. The Morgan fingerprint density at radius 1 is 0.722 bits per heavy atom. The number of hydrogen-bond donors (Lipinski definition) is 2. The zero-order valence-electron chi connectivity index (χ0n) is 21.2. The van der Waals surface area contributed by atoms with Crippen molar-refractivity contribution < 1.29 is 38.3 Å². The zero-order valence-corrected chi connectivity index (χ0v) is 21.2. The third-order valence-electron chi connectivity index (χ3n) is 6.18. The molecule has 3 aromatic rings. The highest BCUT2D eigenvalue weighted by Crippen LogP contribution is 2.47. The number of aliphatic hydroxyl groups is 1. The number of methoxy groups -OCH3 is 6. The molecule has 1 aliphatic heterocycles. The summed E-state index contributed by atoms with van der Waals surface area (Å²) in [7, 11) is 9.46. The number of fused-ring (bicyclic) bond motifs is 1. The first kappa shape index (κ1) is 25.1. The van der Waals surface area contributed by atoms with Crippen molar-refractivity contribution >= 4 is 5.69 Å². The molecular formula is C27H31NO8. The number of nitrogens with one attached hydrogen (secondary N) is 1. The van der Waals surface area contributed by atoms with E-state index in [9.17, 15) is 5.11 Å². The highest BCUT2D eigenvalue weighted by atomic mass is 16.5. The average molecular weight is 498 g/mol. The molecule has 9 heteroatoms. The number of ether oxygens (including phenoxy) is 7. The van der Waals surface area contributed by atoms with Gasteiger partial charge in [-0.3, -0.25) is 0 Å². The number of aliphatic hydroxyl groups excluding tert-OH is 1. The van der Waals surface area contributed by atoms with E-state index in [0.29, 0.717) is 45.8 Å². The van der Waals surface area contributed by atoms with Gasteiger partial charge in [-0.25, -0.2) is 0 Å². The van der Waals surface area contributed by atoms with Crippen LogP contribution in [0.4, 0.5) is 5.69 Å². The van der Waals surface area contributed by atoms with Crippen LogP contribution in [-0.4, -0.2) is 60.5 Å². The van der Waals surface area contributed by atoms with Crippen LogP contribution in [-0.2, 0) is 0 Å². The fourth-order valence-corrected chi connectivity index (χ4v) is 4.40. The third-order valence-corrected chi connectivity index (χ3v) is 6.18. The molecule has 0 aromatic heterocycles. The molecule has 2 atom stereocenters. The summed E-state index contributed by atoms with van der Waals surface area (Å²) < 4.78 is 39.4. The number of benzene rings is 3. The van der Waals surface area contributed by atoms with Crippen molar-refractivity contribution in [3.05, 3.63) is 48.0 Å². The molecule has 1 heterocycles. The summed E-state index contributed by atoms with van der Waals surface area (Å²) in [6.07, 6.45) is -0.583. The van der Waals surface area contributed by atoms with Crippen LogP contribution in [0.1, 0.15) is 11.6 Å². The number of anilines is 1. The Hall–Kier alpha value is -3.98. The molecule has 9 nitrogen and oxygen atoms in total. The maximum absolute atomic E-state index is 10.2. The van der Waals surface area contributed by atoms with Crippen molar-refractivity contribution in [1.82, 2.24) is 0 Å². The predicted molar refractivity (Wildman–Crippen MR) is 135 cm³/mol. The predicted octanol–water partition coefficient (Wildman–Crippen LogP) is 4.31. The third kappa shape index (κ3) is 4.49. The van der Waals surface area contributed by atoms with Crippen LogP contribution < -0.4 is 38.5 Å². The molecule has 0 saturated carbocycles. The van der Waals surface area contributed by atoms with Gasteiger partial charge in [0.2, 0.25) is 5.75 Å². The first-order valence-corrected chi connectivity index (χ1v) is 11.3. The van der Waals surface area contributed by atoms with Crippen LogP contribution in [0.5, 0.6) is 40.2 Å². The first-order valence-electron chi connectivity index (χ1n) is 11.3. The molecule has 2 N–H and O–H groups in total. The highest BCUT2D eigenvalue weighted by molar-refractivity contribution is 5.77. The first-order chi connectivity index (χ1) is 17.5. The fourth-order valence-electron chi connectivity index (χ4n) is 4.40. The summed E-state index contributed by atoms with van der Waals surface area (Å²) in [4.78, 5) is 0. The largest absolute Gasteiger partial charge is 0.496 e. The molecule has 0 bridgehead atoms. The van der Waals surface area contributed by atoms with E-state index in [1.54, 1.807) is 54.8 Å². The maximum atomic E-state index is 10.2. The summed E-state index contributed by atoms with van der Waals surface area (Å²) >= 11 is 0. The molecule has 4 rings (SSSR count). The van der Waals surface area contributed by atoms with E-state index in [2.05, 4.69) is 5.32 Å². The van der Waals surface area contributed by atoms with Crippen LogP contribution in [0.3, 0.4) is 0 Å². The van der Waals surface area contributed by atoms with E-state index in [1.165, 1.54) is 0 Å². The van der Waals surface area contributed by atoms with Crippen LogP contribution in [0.2, 0.25) is 0 Å². The highest BCUT2D eigenvalue weighted by Gasteiger charge is 2.35. The Morgan fingerprint density at radius 2 is 1.33 bits per heavy atom. The Balaban J connectivity index is 1.79. The van der Waals surface area contributed by atoms with Crippen molar-refractivity contribution in [3.63, 3.8) is 0 Å². The van der Waals surface area contributed by atoms with Crippen LogP contribution in [0, 0.1) is 0 Å². The van der Waals surface area contributed by atoms with Gasteiger partial charge in [0.15, 0.2) is 11.5 Å². The second kappa shape index (κ2) is 10.7. The normalized spacial score (nSPS) is 16.2. The van der Waals surface area contributed by atoms with E-state index in [-0.39, 0.29) is 6.61 Å². The van der Waals surface area contributed by atoms with Gasteiger partial charge >= 0.3 is 0 Å². The van der Waals surface area contributed by atoms with E-state index in [4.69, 9.17) is 33.2 Å². The van der Waals surface area contributed by atoms with Gasteiger partial charge in [0.25, 0.3) is 0 Å². The molecule has 0 amide bonds. The Kier molecular flexibility index (Phi) is 7.49. The Morgan fingerprint density at radius 3 is 1.83 bits per heavy atom. The lowest BCUT2D eigenvalue weighted by molar-refractivity contribution is 0.0917. The van der Waals surface area contributed by atoms with Crippen molar-refractivity contribution in [2.45, 2.75) is 12.1 Å². The van der Waals surface area contributed by atoms with Gasteiger partial charge < -0.3 is 43.6 Å². The van der Waals surface area contributed by atoms with Gasteiger partial charge in [-0.15, -0.1) is 0 Å². The van der Waals surface area contributed by atoms with Crippen molar-refractivity contribution in [2.24, 2.45) is 0 Å². The second-order valence-electron chi connectivity index (χ2n) is 8.03. The Bertz CT molecular complexity index is 1180. The SMILES string of the molecule is COc1cc(OC)c([C@@H]2Nc3cc(-c4cc(OC)c(OC)c(OC)c4)ccc3O[C@H]2CO)c(OC)c1. The molecule has 36 heavy (non-hydrogen) atoms. The lowest BCUT2D eigenvalue weighted by Gasteiger charge is -2.36. The van der Waals surface area contributed by atoms with Crippen molar-refractivity contribution in [2.75, 3.05) is 54.6 Å². The summed E-state index contributed by atoms with van der Waals surface area (Å²) in [5.41, 5.74) is 3.23. The van der Waals surface area contributed by atoms with E-state index in [1.807, 2.05) is 30.3 Å². The zero-order chi connectivity index (χ0) is 25.8. The molecule has 192 valence electrons. The van der Waals surface area contributed by atoms with Crippen LogP contribution in [0.25, 0.3) is 11.1 Å². The molecule has 0 spiro atoms. The van der Waals surface area contributed by atoms with Gasteiger partial charge in [0, 0.05) is 12.1 Å². The molecule has 1 aliphatic rings. The summed E-state index contributed by atoms with van der Waals surface area (Å²) in [5.74, 6) is 3.94. The molecule has 0 radical (unpaired) electrons.